The Labute approximate surface area is 83.2 Å². The highest BCUT2D eigenvalue weighted by Gasteiger charge is 2.01. The van der Waals surface area contributed by atoms with Crippen molar-refractivity contribution in [2.75, 3.05) is 13.1 Å². The van der Waals surface area contributed by atoms with Gasteiger partial charge in [-0.1, -0.05) is 13.3 Å². The minimum absolute atomic E-state index is 0.0708. The molecule has 0 rings (SSSR count). The van der Waals surface area contributed by atoms with Crippen molar-refractivity contribution in [3.8, 4) is 0 Å². The van der Waals surface area contributed by atoms with Gasteiger partial charge in [0.1, 0.15) is 11.6 Å². The molecule has 0 bridgehead atoms. The SMILES string of the molecule is CCCCNCCC(=C=O)NC(=O)O. The molecule has 0 spiro atoms. The van der Waals surface area contributed by atoms with E-state index in [1.807, 2.05) is 5.32 Å². The molecular formula is C9H16N2O3. The van der Waals surface area contributed by atoms with Crippen LogP contribution >= 0.6 is 0 Å². The highest BCUT2D eigenvalue weighted by molar-refractivity contribution is 5.70. The molecule has 1 amide bonds. The van der Waals surface area contributed by atoms with E-state index in [0.29, 0.717) is 13.0 Å². The van der Waals surface area contributed by atoms with Crippen molar-refractivity contribution >= 4 is 12.0 Å². The summed E-state index contributed by atoms with van der Waals surface area (Å²) in [5, 5.41) is 13.4. The lowest BCUT2D eigenvalue weighted by atomic mass is 10.3. The summed E-state index contributed by atoms with van der Waals surface area (Å²) in [5.74, 6) is 1.56. The van der Waals surface area contributed by atoms with Crippen LogP contribution in [-0.4, -0.2) is 30.2 Å². The van der Waals surface area contributed by atoms with E-state index in [9.17, 15) is 9.59 Å². The third-order valence-corrected chi connectivity index (χ3v) is 1.64. The number of rotatable bonds is 7. The van der Waals surface area contributed by atoms with E-state index in [4.69, 9.17) is 5.11 Å². The summed E-state index contributed by atoms with van der Waals surface area (Å²) < 4.78 is 0. The van der Waals surface area contributed by atoms with Crippen LogP contribution in [0.5, 0.6) is 0 Å². The number of unbranched alkanes of at least 4 members (excludes halogenated alkanes) is 1. The fourth-order valence-electron chi connectivity index (χ4n) is 0.908. The molecule has 0 atom stereocenters. The Kier molecular flexibility index (Phi) is 7.50. The second kappa shape index (κ2) is 8.29. The van der Waals surface area contributed by atoms with Crippen molar-refractivity contribution in [1.82, 2.24) is 10.6 Å². The Morgan fingerprint density at radius 3 is 2.64 bits per heavy atom. The molecule has 0 aromatic carbocycles. The minimum Gasteiger partial charge on any atom is -0.465 e. The van der Waals surface area contributed by atoms with Gasteiger partial charge in [-0.15, -0.1) is 0 Å². The Hall–Kier alpha value is -1.32. The first-order chi connectivity index (χ1) is 6.70. The number of carbonyl (C=O) groups excluding carboxylic acids is 1. The number of amides is 1. The lowest BCUT2D eigenvalue weighted by Crippen LogP contribution is -2.25. The van der Waals surface area contributed by atoms with E-state index in [1.54, 1.807) is 5.94 Å². The van der Waals surface area contributed by atoms with E-state index in [1.165, 1.54) is 0 Å². The summed E-state index contributed by atoms with van der Waals surface area (Å²) >= 11 is 0. The predicted octanol–water partition coefficient (Wildman–Crippen LogP) is 0.749. The molecule has 14 heavy (non-hydrogen) atoms. The molecule has 5 heteroatoms. The molecule has 0 unspecified atom stereocenters. The monoisotopic (exact) mass is 200 g/mol. The third kappa shape index (κ3) is 7.34. The van der Waals surface area contributed by atoms with Crippen molar-refractivity contribution < 1.29 is 14.7 Å². The van der Waals surface area contributed by atoms with Gasteiger partial charge < -0.3 is 10.4 Å². The average molecular weight is 200 g/mol. The van der Waals surface area contributed by atoms with E-state index < -0.39 is 6.09 Å². The normalized spacial score (nSPS) is 9.21. The molecular weight excluding hydrogens is 184 g/mol. The number of hydrogen-bond donors (Lipinski definition) is 3. The summed E-state index contributed by atoms with van der Waals surface area (Å²) in [4.78, 5) is 20.4. The van der Waals surface area contributed by atoms with Gasteiger partial charge in [-0.3, -0.25) is 5.32 Å². The van der Waals surface area contributed by atoms with Crippen molar-refractivity contribution in [1.29, 1.82) is 0 Å². The second-order valence-electron chi connectivity index (χ2n) is 2.86. The smallest absolute Gasteiger partial charge is 0.409 e. The van der Waals surface area contributed by atoms with Crippen LogP contribution in [-0.2, 0) is 4.79 Å². The lowest BCUT2D eigenvalue weighted by Gasteiger charge is -2.04. The average Bonchev–Trinajstić information content (AvgIpc) is 2.15. The number of nitrogens with one attached hydrogen (secondary N) is 2. The molecule has 0 aliphatic carbocycles. The number of carboxylic acid groups (broad SMARTS) is 1. The van der Waals surface area contributed by atoms with Gasteiger partial charge in [0.2, 0.25) is 0 Å². The Morgan fingerprint density at radius 1 is 1.43 bits per heavy atom. The lowest BCUT2D eigenvalue weighted by molar-refractivity contribution is 0.197. The van der Waals surface area contributed by atoms with Crippen LogP contribution in [0, 0.1) is 0 Å². The molecule has 0 saturated heterocycles. The van der Waals surface area contributed by atoms with Gasteiger partial charge in [0.25, 0.3) is 0 Å². The van der Waals surface area contributed by atoms with Gasteiger partial charge >= 0.3 is 6.09 Å². The first-order valence-corrected chi connectivity index (χ1v) is 4.65. The maximum absolute atomic E-state index is 10.2. The van der Waals surface area contributed by atoms with Gasteiger partial charge in [-0.05, 0) is 13.0 Å². The van der Waals surface area contributed by atoms with Gasteiger partial charge in [0, 0.05) is 13.0 Å². The minimum atomic E-state index is -1.23. The standard InChI is InChI=1S/C9H16N2O3/c1-2-3-5-10-6-4-8(7-12)11-9(13)14/h10-11H,2-6H2,1H3,(H,13,14). The molecule has 0 aliphatic rings. The summed E-state index contributed by atoms with van der Waals surface area (Å²) in [7, 11) is 0. The quantitative estimate of drug-likeness (QED) is 0.418. The van der Waals surface area contributed by atoms with E-state index >= 15 is 0 Å². The second-order valence-corrected chi connectivity index (χ2v) is 2.86. The molecule has 3 N–H and O–H groups in total. The van der Waals surface area contributed by atoms with Crippen LogP contribution in [0.25, 0.3) is 0 Å². The maximum Gasteiger partial charge on any atom is 0.409 e. The van der Waals surface area contributed by atoms with Crippen LogP contribution in [0.3, 0.4) is 0 Å². The summed E-state index contributed by atoms with van der Waals surface area (Å²) in [6.45, 7) is 3.56. The molecule has 0 aromatic heterocycles. The van der Waals surface area contributed by atoms with Gasteiger partial charge in [0.05, 0.1) is 0 Å². The maximum atomic E-state index is 10.2. The third-order valence-electron chi connectivity index (χ3n) is 1.64. The molecule has 80 valence electrons. The first kappa shape index (κ1) is 12.7. The highest BCUT2D eigenvalue weighted by Crippen LogP contribution is 1.90. The van der Waals surface area contributed by atoms with E-state index in [2.05, 4.69) is 12.2 Å². The zero-order valence-corrected chi connectivity index (χ0v) is 8.30. The fraction of sp³-hybridized carbons (Fsp3) is 0.667. The van der Waals surface area contributed by atoms with Crippen molar-refractivity contribution in [2.45, 2.75) is 26.2 Å². The van der Waals surface area contributed by atoms with Gasteiger partial charge in [-0.2, -0.15) is 0 Å². The van der Waals surface area contributed by atoms with E-state index in [0.717, 1.165) is 19.4 Å². The molecule has 0 radical (unpaired) electrons. The Bertz CT molecular complexity index is 222. The Balaban J connectivity index is 3.54. The number of hydrogen-bond acceptors (Lipinski definition) is 3. The molecule has 0 heterocycles. The van der Waals surface area contributed by atoms with Crippen LogP contribution in [0.1, 0.15) is 26.2 Å². The summed E-state index contributed by atoms with van der Waals surface area (Å²) in [6.07, 6.45) is 1.32. The van der Waals surface area contributed by atoms with Crippen LogP contribution in [0.4, 0.5) is 4.79 Å². The predicted molar refractivity (Wildman–Crippen MR) is 52.8 cm³/mol. The van der Waals surface area contributed by atoms with Gasteiger partial charge in [0.15, 0.2) is 0 Å². The number of carbonyl (C=O) groups is 1. The largest absolute Gasteiger partial charge is 0.465 e. The van der Waals surface area contributed by atoms with E-state index in [-0.39, 0.29) is 5.70 Å². The molecule has 5 nitrogen and oxygen atoms in total. The summed E-state index contributed by atoms with van der Waals surface area (Å²) in [5.41, 5.74) is 0.0708. The van der Waals surface area contributed by atoms with Crippen molar-refractivity contribution in [3.63, 3.8) is 0 Å². The van der Waals surface area contributed by atoms with Crippen molar-refractivity contribution in [2.24, 2.45) is 0 Å². The topological polar surface area (TPSA) is 78.4 Å². The molecule has 0 aromatic rings. The van der Waals surface area contributed by atoms with Crippen LogP contribution < -0.4 is 10.6 Å². The summed E-state index contributed by atoms with van der Waals surface area (Å²) in [6, 6.07) is 0. The molecule has 0 aliphatic heterocycles. The zero-order valence-electron chi connectivity index (χ0n) is 8.30. The Morgan fingerprint density at radius 2 is 2.14 bits per heavy atom. The molecule has 0 saturated carbocycles. The molecule has 0 fully saturated rings. The zero-order chi connectivity index (χ0) is 10.8. The van der Waals surface area contributed by atoms with Crippen LogP contribution in [0.15, 0.2) is 5.70 Å². The van der Waals surface area contributed by atoms with Crippen molar-refractivity contribution in [3.05, 3.63) is 5.70 Å². The fourth-order valence-corrected chi connectivity index (χ4v) is 0.908. The highest BCUT2D eigenvalue weighted by atomic mass is 16.4. The first-order valence-electron chi connectivity index (χ1n) is 4.65. The van der Waals surface area contributed by atoms with Gasteiger partial charge in [-0.25, -0.2) is 9.59 Å². The van der Waals surface area contributed by atoms with Crippen LogP contribution in [0.2, 0.25) is 0 Å².